The van der Waals surface area contributed by atoms with E-state index in [4.69, 9.17) is 22.4 Å². The average Bonchev–Trinajstić information content (AvgIpc) is 3.32. The Kier molecular flexibility index (Phi) is 4.85. The molecule has 28 heavy (non-hydrogen) atoms. The molecule has 1 aliphatic heterocycles. The normalized spacial score (nSPS) is 13.9. The first-order valence-electron chi connectivity index (χ1n) is 9.47. The van der Waals surface area contributed by atoms with Crippen LogP contribution < -0.4 is 5.73 Å². The SMILES string of the molecule is Cc1nn(-c2ccc(N)c(Cl)c2)c(C)c1-c1cccc(C(=O)N2CCCC2)c1. The molecule has 3 aromatic rings. The average molecular weight is 395 g/mol. The van der Waals surface area contributed by atoms with Gasteiger partial charge in [-0.15, -0.1) is 0 Å². The standard InChI is InChI=1S/C22H23ClN4O/c1-14-21(15(2)27(25-14)18-8-9-20(24)19(23)13-18)16-6-5-7-17(12-16)22(28)26-10-3-4-11-26/h5-9,12-13H,3-4,10-11,24H2,1-2H3. The third kappa shape index (κ3) is 3.27. The zero-order valence-electron chi connectivity index (χ0n) is 16.1. The number of halogens is 1. The molecule has 1 fully saturated rings. The van der Waals surface area contributed by atoms with Gasteiger partial charge in [0.05, 0.1) is 22.1 Å². The van der Waals surface area contributed by atoms with Crippen LogP contribution in [-0.2, 0) is 0 Å². The van der Waals surface area contributed by atoms with E-state index in [1.165, 1.54) is 0 Å². The molecule has 0 spiro atoms. The van der Waals surface area contributed by atoms with Crippen molar-refractivity contribution in [1.29, 1.82) is 0 Å². The lowest BCUT2D eigenvalue weighted by atomic mass is 10.0. The molecule has 1 aliphatic rings. The number of nitrogens with zero attached hydrogens (tertiary/aromatic N) is 3. The summed E-state index contributed by atoms with van der Waals surface area (Å²) in [5, 5.41) is 5.21. The molecule has 4 rings (SSSR count). The van der Waals surface area contributed by atoms with Gasteiger partial charge in [-0.25, -0.2) is 4.68 Å². The van der Waals surface area contributed by atoms with Crippen LogP contribution in [0.5, 0.6) is 0 Å². The molecule has 0 saturated carbocycles. The number of likely N-dealkylation sites (tertiary alicyclic amines) is 1. The molecule has 0 unspecified atom stereocenters. The maximum Gasteiger partial charge on any atom is 0.253 e. The minimum absolute atomic E-state index is 0.104. The fraction of sp³-hybridized carbons (Fsp3) is 0.273. The predicted octanol–water partition coefficient (Wildman–Crippen LogP) is 4.63. The number of anilines is 1. The maximum absolute atomic E-state index is 12.8. The lowest BCUT2D eigenvalue weighted by Gasteiger charge is -2.15. The van der Waals surface area contributed by atoms with Crippen molar-refractivity contribution in [2.24, 2.45) is 0 Å². The summed E-state index contributed by atoms with van der Waals surface area (Å²) in [5.74, 6) is 0.104. The second-order valence-electron chi connectivity index (χ2n) is 7.24. The highest BCUT2D eigenvalue weighted by atomic mass is 35.5. The predicted molar refractivity (Wildman–Crippen MR) is 113 cm³/mol. The van der Waals surface area contributed by atoms with Gasteiger partial charge in [0.2, 0.25) is 0 Å². The molecule has 0 atom stereocenters. The van der Waals surface area contributed by atoms with Gasteiger partial charge in [0.15, 0.2) is 0 Å². The highest BCUT2D eigenvalue weighted by molar-refractivity contribution is 6.33. The summed E-state index contributed by atoms with van der Waals surface area (Å²) in [6.45, 7) is 5.69. The van der Waals surface area contributed by atoms with Gasteiger partial charge in [-0.1, -0.05) is 23.7 Å². The van der Waals surface area contributed by atoms with Crippen LogP contribution in [0.4, 0.5) is 5.69 Å². The number of nitrogens with two attached hydrogens (primary N) is 1. The number of aromatic nitrogens is 2. The summed E-state index contributed by atoms with van der Waals surface area (Å²) in [7, 11) is 0. The van der Waals surface area contributed by atoms with Crippen molar-refractivity contribution >= 4 is 23.2 Å². The molecule has 2 heterocycles. The molecule has 2 aromatic carbocycles. The molecule has 1 amide bonds. The first kappa shape index (κ1) is 18.6. The van der Waals surface area contributed by atoms with Gasteiger partial charge in [-0.2, -0.15) is 5.10 Å². The number of hydrogen-bond acceptors (Lipinski definition) is 3. The van der Waals surface area contributed by atoms with Gasteiger partial charge < -0.3 is 10.6 Å². The summed E-state index contributed by atoms with van der Waals surface area (Å²) in [6, 6.07) is 13.3. The lowest BCUT2D eigenvalue weighted by molar-refractivity contribution is 0.0793. The number of aryl methyl sites for hydroxylation is 1. The molecule has 6 heteroatoms. The van der Waals surface area contributed by atoms with Crippen LogP contribution in [0.15, 0.2) is 42.5 Å². The Balaban J connectivity index is 1.74. The zero-order valence-corrected chi connectivity index (χ0v) is 16.8. The first-order valence-corrected chi connectivity index (χ1v) is 9.85. The molecule has 0 radical (unpaired) electrons. The number of nitrogen functional groups attached to an aromatic ring is 1. The zero-order chi connectivity index (χ0) is 19.8. The molecule has 1 saturated heterocycles. The Morgan fingerprint density at radius 3 is 2.57 bits per heavy atom. The smallest absolute Gasteiger partial charge is 0.253 e. The third-order valence-electron chi connectivity index (χ3n) is 5.31. The minimum Gasteiger partial charge on any atom is -0.398 e. The van der Waals surface area contributed by atoms with Gasteiger partial charge in [-0.05, 0) is 62.6 Å². The van der Waals surface area contributed by atoms with Gasteiger partial charge in [0.25, 0.3) is 5.91 Å². The van der Waals surface area contributed by atoms with Crippen LogP contribution in [-0.4, -0.2) is 33.7 Å². The van der Waals surface area contributed by atoms with E-state index in [9.17, 15) is 4.79 Å². The van der Waals surface area contributed by atoms with Crippen molar-refractivity contribution in [1.82, 2.24) is 14.7 Å². The van der Waals surface area contributed by atoms with Gasteiger partial charge in [0, 0.05) is 29.9 Å². The van der Waals surface area contributed by atoms with Crippen LogP contribution in [0, 0.1) is 13.8 Å². The van der Waals surface area contributed by atoms with E-state index in [0.29, 0.717) is 10.7 Å². The highest BCUT2D eigenvalue weighted by Crippen LogP contribution is 2.31. The molecule has 0 aliphatic carbocycles. The van der Waals surface area contributed by atoms with Crippen molar-refractivity contribution in [3.63, 3.8) is 0 Å². The molecule has 144 valence electrons. The molecular formula is C22H23ClN4O. The fourth-order valence-electron chi connectivity index (χ4n) is 3.87. The topological polar surface area (TPSA) is 64.2 Å². The fourth-order valence-corrected chi connectivity index (χ4v) is 4.04. The third-order valence-corrected chi connectivity index (χ3v) is 5.64. The van der Waals surface area contributed by atoms with Crippen LogP contribution >= 0.6 is 11.6 Å². The number of carbonyl (C=O) groups is 1. The summed E-state index contributed by atoms with van der Waals surface area (Å²) in [6.07, 6.45) is 2.17. The summed E-state index contributed by atoms with van der Waals surface area (Å²) in [4.78, 5) is 14.7. The largest absolute Gasteiger partial charge is 0.398 e. The highest BCUT2D eigenvalue weighted by Gasteiger charge is 2.21. The molecule has 0 bridgehead atoms. The second-order valence-corrected chi connectivity index (χ2v) is 7.65. The van der Waals surface area contributed by atoms with Crippen molar-refractivity contribution in [2.75, 3.05) is 18.8 Å². The Morgan fingerprint density at radius 2 is 1.86 bits per heavy atom. The molecular weight excluding hydrogens is 372 g/mol. The van der Waals surface area contributed by atoms with Crippen molar-refractivity contribution in [3.05, 3.63) is 64.4 Å². The molecule has 5 nitrogen and oxygen atoms in total. The monoisotopic (exact) mass is 394 g/mol. The number of rotatable bonds is 3. The number of hydrogen-bond donors (Lipinski definition) is 1. The Hall–Kier alpha value is -2.79. The molecule has 1 aromatic heterocycles. The Bertz CT molecular complexity index is 1050. The van der Waals surface area contributed by atoms with E-state index < -0.39 is 0 Å². The van der Waals surface area contributed by atoms with Crippen LogP contribution in [0.1, 0.15) is 34.6 Å². The van der Waals surface area contributed by atoms with E-state index in [0.717, 1.165) is 59.7 Å². The summed E-state index contributed by atoms with van der Waals surface area (Å²) in [5.41, 5.74) is 11.9. The van der Waals surface area contributed by atoms with Crippen LogP contribution in [0.2, 0.25) is 5.02 Å². The summed E-state index contributed by atoms with van der Waals surface area (Å²) >= 11 is 6.19. The quantitative estimate of drug-likeness (QED) is 0.659. The maximum atomic E-state index is 12.8. The molecule has 2 N–H and O–H groups in total. The van der Waals surface area contributed by atoms with Crippen molar-refractivity contribution in [3.8, 4) is 16.8 Å². The van der Waals surface area contributed by atoms with E-state index >= 15 is 0 Å². The van der Waals surface area contributed by atoms with Crippen molar-refractivity contribution < 1.29 is 4.79 Å². The van der Waals surface area contributed by atoms with E-state index in [1.807, 2.05) is 59.8 Å². The minimum atomic E-state index is 0.104. The van der Waals surface area contributed by atoms with E-state index in [-0.39, 0.29) is 5.91 Å². The number of benzene rings is 2. The van der Waals surface area contributed by atoms with Crippen LogP contribution in [0.3, 0.4) is 0 Å². The van der Waals surface area contributed by atoms with Gasteiger partial charge >= 0.3 is 0 Å². The number of carbonyl (C=O) groups excluding carboxylic acids is 1. The van der Waals surface area contributed by atoms with Crippen molar-refractivity contribution in [2.45, 2.75) is 26.7 Å². The van der Waals surface area contributed by atoms with E-state index in [2.05, 4.69) is 0 Å². The summed E-state index contributed by atoms with van der Waals surface area (Å²) < 4.78 is 1.87. The number of amides is 1. The van der Waals surface area contributed by atoms with Gasteiger partial charge in [0.1, 0.15) is 0 Å². The Labute approximate surface area is 169 Å². The van der Waals surface area contributed by atoms with Gasteiger partial charge in [-0.3, -0.25) is 4.79 Å². The van der Waals surface area contributed by atoms with E-state index in [1.54, 1.807) is 6.07 Å². The Morgan fingerprint density at radius 1 is 1.11 bits per heavy atom. The lowest BCUT2D eigenvalue weighted by Crippen LogP contribution is -2.27. The first-order chi connectivity index (χ1) is 13.5. The van der Waals surface area contributed by atoms with Crippen LogP contribution in [0.25, 0.3) is 16.8 Å². The second kappa shape index (κ2) is 7.32.